The van der Waals surface area contributed by atoms with Gasteiger partial charge in [-0.1, -0.05) is 71.6 Å². The molecule has 0 aliphatic rings. The van der Waals surface area contributed by atoms with Crippen LogP contribution in [-0.4, -0.2) is 21.9 Å². The maximum absolute atomic E-state index is 12.4. The number of nitrogens with zero attached hydrogens (tertiary/aromatic N) is 2. The summed E-state index contributed by atoms with van der Waals surface area (Å²) >= 11 is 2.73. The van der Waals surface area contributed by atoms with E-state index < -0.39 is 0 Å². The first-order valence-electron chi connectivity index (χ1n) is 11.8. The Morgan fingerprint density at radius 1 is 0.737 bits per heavy atom. The molecule has 0 aliphatic carbocycles. The maximum Gasteiger partial charge on any atom is 0.234 e. The molecule has 1 amide bonds. The molecule has 4 aromatic carbocycles. The largest absolute Gasteiger partial charge is 0.489 e. The van der Waals surface area contributed by atoms with E-state index in [9.17, 15) is 4.79 Å². The van der Waals surface area contributed by atoms with Gasteiger partial charge in [0.05, 0.1) is 5.75 Å². The van der Waals surface area contributed by atoms with Crippen molar-refractivity contribution in [2.75, 3.05) is 16.4 Å². The molecular weight excluding hydrogens is 516 g/mol. The van der Waals surface area contributed by atoms with Crippen LogP contribution in [0.2, 0.25) is 0 Å². The number of para-hydroxylation sites is 1. The summed E-state index contributed by atoms with van der Waals surface area (Å²) in [6, 6.07) is 34.5. The zero-order chi connectivity index (χ0) is 26.0. The topological polar surface area (TPSA) is 85.4 Å². The van der Waals surface area contributed by atoms with Gasteiger partial charge >= 0.3 is 0 Å². The van der Waals surface area contributed by atoms with Crippen molar-refractivity contribution in [3.63, 3.8) is 0 Å². The average Bonchev–Trinajstić information content (AvgIpc) is 3.41. The third kappa shape index (κ3) is 7.58. The van der Waals surface area contributed by atoms with E-state index in [1.807, 2.05) is 109 Å². The summed E-state index contributed by atoms with van der Waals surface area (Å²) in [6.45, 7) is 0.496. The quantitative estimate of drug-likeness (QED) is 0.169. The van der Waals surface area contributed by atoms with Crippen molar-refractivity contribution in [1.82, 2.24) is 10.2 Å². The molecule has 0 aliphatic heterocycles. The lowest BCUT2D eigenvalue weighted by Crippen LogP contribution is -2.13. The average molecular weight is 541 g/mol. The van der Waals surface area contributed by atoms with Gasteiger partial charge in [0.2, 0.25) is 11.0 Å². The molecule has 0 saturated heterocycles. The predicted molar refractivity (Wildman–Crippen MR) is 153 cm³/mol. The third-order valence-electron chi connectivity index (χ3n) is 5.20. The van der Waals surface area contributed by atoms with Crippen LogP contribution in [0.25, 0.3) is 0 Å². The highest BCUT2D eigenvalue weighted by Gasteiger charge is 2.09. The fraction of sp³-hybridized carbons (Fsp3) is 0.0690. The number of rotatable bonds is 11. The standard InChI is InChI=1S/C29H24N4O3S2/c34-27(30-22-11-15-24(16-12-22)35-19-21-7-3-1-4-8-21)20-37-29-33-32-28(38-29)31-23-13-17-26(18-14-23)36-25-9-5-2-6-10-25/h1-18H,19-20H2,(H,30,34)(H,31,32). The second-order valence-electron chi connectivity index (χ2n) is 8.07. The number of carbonyl (C=O) groups excluding carboxylic acids is 1. The molecule has 0 atom stereocenters. The van der Waals surface area contributed by atoms with Gasteiger partial charge in [-0.15, -0.1) is 10.2 Å². The zero-order valence-corrected chi connectivity index (χ0v) is 21.9. The van der Waals surface area contributed by atoms with Crippen LogP contribution in [0, 0.1) is 0 Å². The Bertz CT molecular complexity index is 1450. The van der Waals surface area contributed by atoms with E-state index in [4.69, 9.17) is 9.47 Å². The van der Waals surface area contributed by atoms with Crippen LogP contribution in [0.5, 0.6) is 17.2 Å². The lowest BCUT2D eigenvalue weighted by Gasteiger charge is -2.08. The molecule has 7 nitrogen and oxygen atoms in total. The SMILES string of the molecule is O=C(CSc1nnc(Nc2ccc(Oc3ccccc3)cc2)s1)Nc1ccc(OCc2ccccc2)cc1. The molecule has 0 unspecified atom stereocenters. The van der Waals surface area contributed by atoms with Crippen molar-refractivity contribution in [2.24, 2.45) is 0 Å². The Morgan fingerprint density at radius 3 is 2.11 bits per heavy atom. The van der Waals surface area contributed by atoms with Gasteiger partial charge in [-0.2, -0.15) is 0 Å². The molecule has 9 heteroatoms. The van der Waals surface area contributed by atoms with Gasteiger partial charge < -0.3 is 20.1 Å². The Hall–Kier alpha value is -4.34. The summed E-state index contributed by atoms with van der Waals surface area (Å²) in [5.74, 6) is 2.38. The molecule has 0 bridgehead atoms. The van der Waals surface area contributed by atoms with Crippen molar-refractivity contribution in [3.8, 4) is 17.2 Å². The van der Waals surface area contributed by atoms with Crippen LogP contribution >= 0.6 is 23.1 Å². The fourth-order valence-corrected chi connectivity index (χ4v) is 4.94. The minimum absolute atomic E-state index is 0.119. The number of carbonyl (C=O) groups is 1. The molecule has 0 fully saturated rings. The van der Waals surface area contributed by atoms with Crippen LogP contribution < -0.4 is 20.1 Å². The molecule has 38 heavy (non-hydrogen) atoms. The number of benzene rings is 4. The first kappa shape index (κ1) is 25.3. The maximum atomic E-state index is 12.4. The summed E-state index contributed by atoms with van der Waals surface area (Å²) in [5, 5.41) is 15.1. The molecule has 0 saturated carbocycles. The molecule has 190 valence electrons. The van der Waals surface area contributed by atoms with Crippen LogP contribution in [0.4, 0.5) is 16.5 Å². The van der Waals surface area contributed by atoms with Gasteiger partial charge in [-0.25, -0.2) is 0 Å². The highest BCUT2D eigenvalue weighted by molar-refractivity contribution is 8.01. The number of nitrogens with one attached hydrogen (secondary N) is 2. The first-order chi connectivity index (χ1) is 18.7. The van der Waals surface area contributed by atoms with Crippen LogP contribution in [0.3, 0.4) is 0 Å². The van der Waals surface area contributed by atoms with Crippen molar-refractivity contribution >= 4 is 45.5 Å². The van der Waals surface area contributed by atoms with Gasteiger partial charge in [-0.05, 0) is 66.2 Å². The number of hydrogen-bond acceptors (Lipinski definition) is 8. The van der Waals surface area contributed by atoms with E-state index in [0.29, 0.717) is 21.8 Å². The van der Waals surface area contributed by atoms with Crippen molar-refractivity contribution < 1.29 is 14.3 Å². The summed E-state index contributed by atoms with van der Waals surface area (Å²) in [7, 11) is 0. The Labute approximate surface area is 228 Å². The second-order valence-corrected chi connectivity index (χ2v) is 10.3. The van der Waals surface area contributed by atoms with Crippen molar-refractivity contribution in [1.29, 1.82) is 0 Å². The Balaban J connectivity index is 1.05. The minimum atomic E-state index is -0.119. The van der Waals surface area contributed by atoms with Crippen molar-refractivity contribution in [3.05, 3.63) is 115 Å². The molecule has 5 aromatic rings. The molecule has 0 spiro atoms. The fourth-order valence-electron chi connectivity index (χ4n) is 3.37. The second kappa shape index (κ2) is 12.8. The Kier molecular flexibility index (Phi) is 8.50. The number of ether oxygens (including phenoxy) is 2. The number of hydrogen-bond donors (Lipinski definition) is 2. The molecule has 2 N–H and O–H groups in total. The molecule has 5 rings (SSSR count). The number of thioether (sulfide) groups is 1. The van der Waals surface area contributed by atoms with Crippen LogP contribution in [0.1, 0.15) is 5.56 Å². The third-order valence-corrected chi connectivity index (χ3v) is 7.18. The van der Waals surface area contributed by atoms with E-state index in [2.05, 4.69) is 20.8 Å². The highest BCUT2D eigenvalue weighted by atomic mass is 32.2. The van der Waals surface area contributed by atoms with E-state index in [1.54, 1.807) is 0 Å². The number of amides is 1. The smallest absolute Gasteiger partial charge is 0.234 e. The van der Waals surface area contributed by atoms with E-state index in [0.717, 1.165) is 28.5 Å². The van der Waals surface area contributed by atoms with Gasteiger partial charge in [0, 0.05) is 11.4 Å². The molecule has 1 heterocycles. The summed E-state index contributed by atoms with van der Waals surface area (Å²) in [4.78, 5) is 12.4. The minimum Gasteiger partial charge on any atom is -0.489 e. The lowest BCUT2D eigenvalue weighted by atomic mass is 10.2. The highest BCUT2D eigenvalue weighted by Crippen LogP contribution is 2.29. The summed E-state index contributed by atoms with van der Waals surface area (Å²) < 4.78 is 12.3. The number of anilines is 3. The predicted octanol–water partition coefficient (Wildman–Crippen LogP) is 7.38. The molecule has 1 aromatic heterocycles. The number of aromatic nitrogens is 2. The summed E-state index contributed by atoms with van der Waals surface area (Å²) in [5.41, 5.74) is 2.68. The van der Waals surface area contributed by atoms with Crippen LogP contribution in [0.15, 0.2) is 114 Å². The van der Waals surface area contributed by atoms with Gasteiger partial charge in [0.25, 0.3) is 0 Å². The summed E-state index contributed by atoms with van der Waals surface area (Å²) in [6.07, 6.45) is 0. The monoisotopic (exact) mass is 540 g/mol. The van der Waals surface area contributed by atoms with Gasteiger partial charge in [-0.3, -0.25) is 4.79 Å². The van der Waals surface area contributed by atoms with E-state index >= 15 is 0 Å². The van der Waals surface area contributed by atoms with Crippen LogP contribution in [-0.2, 0) is 11.4 Å². The van der Waals surface area contributed by atoms with Gasteiger partial charge in [0.1, 0.15) is 23.9 Å². The molecular formula is C29H24N4O3S2. The van der Waals surface area contributed by atoms with E-state index in [1.165, 1.54) is 23.1 Å². The van der Waals surface area contributed by atoms with E-state index in [-0.39, 0.29) is 11.7 Å². The normalized spacial score (nSPS) is 10.5. The zero-order valence-electron chi connectivity index (χ0n) is 20.2. The molecule has 0 radical (unpaired) electrons. The van der Waals surface area contributed by atoms with Gasteiger partial charge in [0.15, 0.2) is 4.34 Å². The van der Waals surface area contributed by atoms with Crippen molar-refractivity contribution in [2.45, 2.75) is 10.9 Å². The Morgan fingerprint density at radius 2 is 1.37 bits per heavy atom. The lowest BCUT2D eigenvalue weighted by molar-refractivity contribution is -0.113. The first-order valence-corrected chi connectivity index (χ1v) is 13.6.